The van der Waals surface area contributed by atoms with Gasteiger partial charge in [-0.2, -0.15) is 0 Å². The molecule has 186 valence electrons. The molecule has 0 N–H and O–H groups in total. The fraction of sp³-hybridized carbons (Fsp3) is 0.966. The molecule has 0 saturated carbocycles. The smallest absolute Gasteiger partial charge is 0.550 e. The predicted octanol–water partition coefficient (Wildman–Crippen LogP) is 6.29. The zero-order chi connectivity index (χ0) is 22.7. The standard InChI is InChI=1S/C29H58O2.K/c1-2-3-4-5-6-7-8-9-10-11-12-13-14-15-16-17-18-19-20-21-22-23-24-25-26-27-28-29(30)31;/h2-28H2,1H3,(H,30,31);/q;+1/p-1. The van der Waals surface area contributed by atoms with Gasteiger partial charge in [0.05, 0.1) is 0 Å². The summed E-state index contributed by atoms with van der Waals surface area (Å²) in [5.74, 6) is -0.899. The molecule has 0 radical (unpaired) electrons. The van der Waals surface area contributed by atoms with E-state index in [1.807, 2.05) is 0 Å². The minimum absolute atomic E-state index is 0. The molecular formula is C29H57KO2. The molecule has 0 aromatic carbocycles. The van der Waals surface area contributed by atoms with E-state index in [0.717, 1.165) is 12.8 Å². The van der Waals surface area contributed by atoms with Gasteiger partial charge in [-0.25, -0.2) is 0 Å². The van der Waals surface area contributed by atoms with Crippen molar-refractivity contribution in [3.05, 3.63) is 0 Å². The zero-order valence-electron chi connectivity index (χ0n) is 22.4. The summed E-state index contributed by atoms with van der Waals surface area (Å²) in [6, 6.07) is 0. The minimum atomic E-state index is -0.899. The van der Waals surface area contributed by atoms with Crippen LogP contribution in [-0.2, 0) is 4.79 Å². The largest absolute Gasteiger partial charge is 1.00 e. The minimum Gasteiger partial charge on any atom is -0.550 e. The van der Waals surface area contributed by atoms with E-state index >= 15 is 0 Å². The molecule has 0 spiro atoms. The molecule has 0 bridgehead atoms. The summed E-state index contributed by atoms with van der Waals surface area (Å²) < 4.78 is 0. The van der Waals surface area contributed by atoms with Crippen molar-refractivity contribution in [3.63, 3.8) is 0 Å². The zero-order valence-corrected chi connectivity index (χ0v) is 25.5. The fourth-order valence-corrected chi connectivity index (χ4v) is 4.59. The Kier molecular flexibility index (Phi) is 35.4. The van der Waals surface area contributed by atoms with E-state index < -0.39 is 5.97 Å². The Morgan fingerprint density at radius 3 is 0.781 bits per heavy atom. The second-order valence-electron chi connectivity index (χ2n) is 9.96. The van der Waals surface area contributed by atoms with Crippen LogP contribution in [0.1, 0.15) is 180 Å². The summed E-state index contributed by atoms with van der Waals surface area (Å²) >= 11 is 0. The van der Waals surface area contributed by atoms with Gasteiger partial charge in [-0.3, -0.25) is 0 Å². The van der Waals surface area contributed by atoms with Crippen molar-refractivity contribution in [1.82, 2.24) is 0 Å². The second kappa shape index (κ2) is 32.1. The van der Waals surface area contributed by atoms with Gasteiger partial charge in [-0.15, -0.1) is 0 Å². The van der Waals surface area contributed by atoms with Crippen LogP contribution in [0.15, 0.2) is 0 Å². The van der Waals surface area contributed by atoms with E-state index in [2.05, 4.69) is 6.92 Å². The molecule has 0 heterocycles. The molecule has 0 saturated heterocycles. The average molecular weight is 477 g/mol. The van der Waals surface area contributed by atoms with E-state index in [1.54, 1.807) is 0 Å². The number of carbonyl (C=O) groups excluding carboxylic acids is 1. The summed E-state index contributed by atoms with van der Waals surface area (Å²) in [5, 5.41) is 10.3. The number of rotatable bonds is 27. The molecular weight excluding hydrogens is 419 g/mol. The monoisotopic (exact) mass is 476 g/mol. The van der Waals surface area contributed by atoms with E-state index in [1.165, 1.54) is 154 Å². The quantitative estimate of drug-likeness (QED) is 0.103. The van der Waals surface area contributed by atoms with Crippen LogP contribution in [0, 0.1) is 0 Å². The molecule has 0 aliphatic rings. The third kappa shape index (κ3) is 33.3. The molecule has 0 fully saturated rings. The van der Waals surface area contributed by atoms with Crippen molar-refractivity contribution >= 4 is 5.97 Å². The van der Waals surface area contributed by atoms with Gasteiger partial charge in [-0.05, 0) is 12.8 Å². The number of unbranched alkanes of at least 4 members (excludes halogenated alkanes) is 25. The van der Waals surface area contributed by atoms with Crippen molar-refractivity contribution in [2.45, 2.75) is 180 Å². The van der Waals surface area contributed by atoms with Crippen molar-refractivity contribution in [1.29, 1.82) is 0 Å². The Labute approximate surface area is 245 Å². The Bertz CT molecular complexity index is 346. The Morgan fingerprint density at radius 1 is 0.406 bits per heavy atom. The first-order valence-corrected chi connectivity index (χ1v) is 14.5. The van der Waals surface area contributed by atoms with Crippen LogP contribution in [-0.4, -0.2) is 5.97 Å². The van der Waals surface area contributed by atoms with Gasteiger partial charge >= 0.3 is 51.4 Å². The first-order valence-electron chi connectivity index (χ1n) is 14.5. The third-order valence-electron chi connectivity index (χ3n) is 6.73. The Morgan fingerprint density at radius 2 is 0.594 bits per heavy atom. The van der Waals surface area contributed by atoms with Crippen molar-refractivity contribution < 1.29 is 61.3 Å². The van der Waals surface area contributed by atoms with Crippen LogP contribution in [0.3, 0.4) is 0 Å². The van der Waals surface area contributed by atoms with E-state index in [-0.39, 0.29) is 57.8 Å². The van der Waals surface area contributed by atoms with Gasteiger partial charge in [-0.1, -0.05) is 167 Å². The second-order valence-corrected chi connectivity index (χ2v) is 9.96. The molecule has 0 unspecified atom stereocenters. The van der Waals surface area contributed by atoms with Crippen LogP contribution >= 0.6 is 0 Å². The molecule has 32 heavy (non-hydrogen) atoms. The SMILES string of the molecule is CCCCCCCCCCCCCCCCCCCCCCCCCCCCC(=O)[O-].[K+]. The van der Waals surface area contributed by atoms with Gasteiger partial charge in [0.15, 0.2) is 0 Å². The number of carboxylic acids is 1. The van der Waals surface area contributed by atoms with Crippen LogP contribution < -0.4 is 56.5 Å². The summed E-state index contributed by atoms with van der Waals surface area (Å²) in [5.41, 5.74) is 0. The summed E-state index contributed by atoms with van der Waals surface area (Å²) in [4.78, 5) is 10.3. The molecule has 3 heteroatoms. The van der Waals surface area contributed by atoms with E-state index in [0.29, 0.717) is 0 Å². The van der Waals surface area contributed by atoms with Gasteiger partial charge in [0.2, 0.25) is 0 Å². The van der Waals surface area contributed by atoms with E-state index in [4.69, 9.17) is 0 Å². The van der Waals surface area contributed by atoms with Crippen LogP contribution in [0.25, 0.3) is 0 Å². The molecule has 0 aromatic heterocycles. The fourth-order valence-electron chi connectivity index (χ4n) is 4.59. The maximum absolute atomic E-state index is 10.3. The normalized spacial score (nSPS) is 10.9. The molecule has 0 aliphatic carbocycles. The van der Waals surface area contributed by atoms with Gasteiger partial charge < -0.3 is 9.90 Å². The summed E-state index contributed by atoms with van der Waals surface area (Å²) in [7, 11) is 0. The van der Waals surface area contributed by atoms with Crippen molar-refractivity contribution in [2.75, 3.05) is 0 Å². The van der Waals surface area contributed by atoms with Crippen LogP contribution in [0.2, 0.25) is 0 Å². The Hall–Kier alpha value is 1.11. The van der Waals surface area contributed by atoms with Crippen molar-refractivity contribution in [2.24, 2.45) is 0 Å². The van der Waals surface area contributed by atoms with Gasteiger partial charge in [0, 0.05) is 5.97 Å². The number of aliphatic carboxylic acids is 1. The average Bonchev–Trinajstić information content (AvgIpc) is 2.76. The van der Waals surface area contributed by atoms with Crippen LogP contribution in [0.5, 0.6) is 0 Å². The van der Waals surface area contributed by atoms with Gasteiger partial charge in [0.1, 0.15) is 0 Å². The molecule has 0 atom stereocenters. The number of carbonyl (C=O) groups is 1. The van der Waals surface area contributed by atoms with E-state index in [9.17, 15) is 9.90 Å². The third-order valence-corrected chi connectivity index (χ3v) is 6.73. The maximum atomic E-state index is 10.3. The topological polar surface area (TPSA) is 40.1 Å². The number of hydrogen-bond donors (Lipinski definition) is 0. The molecule has 0 amide bonds. The van der Waals surface area contributed by atoms with Gasteiger partial charge in [0.25, 0.3) is 0 Å². The molecule has 0 aromatic rings. The maximum Gasteiger partial charge on any atom is 1.00 e. The summed E-state index contributed by atoms with van der Waals surface area (Å²) in [6.45, 7) is 2.29. The number of carboxylic acid groups (broad SMARTS) is 1. The van der Waals surface area contributed by atoms with Crippen molar-refractivity contribution in [3.8, 4) is 0 Å². The first kappa shape index (κ1) is 35.3. The molecule has 0 aliphatic heterocycles. The summed E-state index contributed by atoms with van der Waals surface area (Å²) in [6.07, 6.45) is 36.1. The molecule has 0 rings (SSSR count). The first-order chi connectivity index (χ1) is 15.3. The number of hydrogen-bond acceptors (Lipinski definition) is 2. The predicted molar refractivity (Wildman–Crippen MR) is 135 cm³/mol. The molecule has 2 nitrogen and oxygen atoms in total. The Balaban J connectivity index is 0. The van der Waals surface area contributed by atoms with Crippen LogP contribution in [0.4, 0.5) is 0 Å².